The van der Waals surface area contributed by atoms with Gasteiger partial charge in [0.25, 0.3) is 0 Å². The molecule has 0 saturated heterocycles. The second-order valence-corrected chi connectivity index (χ2v) is 6.81. The van der Waals surface area contributed by atoms with E-state index < -0.39 is 5.97 Å². The average Bonchev–Trinajstić information content (AvgIpc) is 3.32. The van der Waals surface area contributed by atoms with E-state index in [1.54, 1.807) is 54.6 Å². The van der Waals surface area contributed by atoms with Crippen LogP contribution in [0.15, 0.2) is 75.7 Å². The Morgan fingerprint density at radius 1 is 0.966 bits per heavy atom. The van der Waals surface area contributed by atoms with E-state index in [0.717, 1.165) is 10.9 Å². The maximum atomic E-state index is 13.1. The van der Waals surface area contributed by atoms with Gasteiger partial charge in [-0.15, -0.1) is 0 Å². The van der Waals surface area contributed by atoms with Crippen LogP contribution in [0.1, 0.15) is 10.6 Å². The third kappa shape index (κ3) is 3.23. The number of hydrogen-bond donors (Lipinski definition) is 0. The Morgan fingerprint density at radius 3 is 2.62 bits per heavy atom. The van der Waals surface area contributed by atoms with E-state index in [2.05, 4.69) is 5.16 Å². The van der Waals surface area contributed by atoms with Crippen molar-refractivity contribution in [3.63, 3.8) is 0 Å². The van der Waals surface area contributed by atoms with E-state index in [1.807, 2.05) is 0 Å². The smallest absolute Gasteiger partial charge is 0.379 e. The predicted octanol–water partition coefficient (Wildman–Crippen LogP) is 6.25. The first kappa shape index (κ1) is 17.5. The summed E-state index contributed by atoms with van der Waals surface area (Å²) in [4.78, 5) is 12.4. The van der Waals surface area contributed by atoms with Crippen LogP contribution in [-0.2, 0) is 0 Å². The van der Waals surface area contributed by atoms with Crippen molar-refractivity contribution in [3.05, 3.63) is 83.3 Å². The molecule has 0 atom stereocenters. The maximum absolute atomic E-state index is 13.1. The minimum Gasteiger partial charge on any atom is -0.449 e. The number of carbonyl (C=O) groups excluding carboxylic acids is 1. The molecule has 5 aromatic rings. The molecule has 0 aliphatic rings. The maximum Gasteiger partial charge on any atom is 0.379 e. The highest BCUT2D eigenvalue weighted by Crippen LogP contribution is 2.31. The van der Waals surface area contributed by atoms with Crippen LogP contribution in [0.25, 0.3) is 33.2 Å². The Bertz CT molecular complexity index is 1370. The molecule has 5 nitrogen and oxygen atoms in total. The van der Waals surface area contributed by atoms with E-state index in [4.69, 9.17) is 25.3 Å². The molecular weight excluding hydrogens is 397 g/mol. The molecule has 0 amide bonds. The van der Waals surface area contributed by atoms with Crippen LogP contribution in [0.4, 0.5) is 4.39 Å². The fraction of sp³-hybridized carbons (Fsp3) is 0. The fourth-order valence-corrected chi connectivity index (χ4v) is 3.25. The Labute approximate surface area is 168 Å². The summed E-state index contributed by atoms with van der Waals surface area (Å²) in [7, 11) is 0. The van der Waals surface area contributed by atoms with E-state index in [-0.39, 0.29) is 17.3 Å². The molecule has 0 unspecified atom stereocenters. The number of rotatable bonds is 3. The summed E-state index contributed by atoms with van der Waals surface area (Å²) in [6.07, 6.45) is 0. The molecule has 5 rings (SSSR count). The summed E-state index contributed by atoms with van der Waals surface area (Å²) in [6, 6.07) is 17.5. The predicted molar refractivity (Wildman–Crippen MR) is 106 cm³/mol. The van der Waals surface area contributed by atoms with Gasteiger partial charge in [-0.2, -0.15) is 0 Å². The number of fused-ring (bicyclic) bond motifs is 2. The first-order valence-electron chi connectivity index (χ1n) is 8.63. The van der Waals surface area contributed by atoms with Crippen molar-refractivity contribution in [2.75, 3.05) is 0 Å². The van der Waals surface area contributed by atoms with Gasteiger partial charge in [0.15, 0.2) is 5.58 Å². The Hall–Kier alpha value is -3.64. The molecule has 0 aliphatic heterocycles. The number of nitrogens with zero attached hydrogens (tertiary/aromatic N) is 1. The summed E-state index contributed by atoms with van der Waals surface area (Å²) < 4.78 is 29.4. The number of benzene rings is 3. The van der Waals surface area contributed by atoms with Crippen molar-refractivity contribution >= 4 is 39.5 Å². The van der Waals surface area contributed by atoms with Crippen LogP contribution in [0.3, 0.4) is 0 Å². The molecule has 3 aromatic carbocycles. The highest BCUT2D eigenvalue weighted by molar-refractivity contribution is 6.31. The van der Waals surface area contributed by atoms with Crippen molar-refractivity contribution in [2.45, 2.75) is 0 Å². The summed E-state index contributed by atoms with van der Waals surface area (Å²) in [5.74, 6) is -0.631. The number of aromatic nitrogens is 1. The Balaban J connectivity index is 1.43. The van der Waals surface area contributed by atoms with E-state index in [0.29, 0.717) is 27.3 Å². The number of ether oxygens (including phenoxy) is 1. The molecule has 0 aliphatic carbocycles. The summed E-state index contributed by atoms with van der Waals surface area (Å²) in [6.45, 7) is 0. The van der Waals surface area contributed by atoms with E-state index in [9.17, 15) is 9.18 Å². The van der Waals surface area contributed by atoms with Crippen molar-refractivity contribution in [1.82, 2.24) is 5.16 Å². The van der Waals surface area contributed by atoms with Gasteiger partial charge in [0, 0.05) is 27.4 Å². The number of carbonyl (C=O) groups is 1. The number of hydrogen-bond acceptors (Lipinski definition) is 5. The zero-order valence-electron chi connectivity index (χ0n) is 14.7. The molecule has 0 fully saturated rings. The second-order valence-electron chi connectivity index (χ2n) is 6.38. The molecular formula is C22H11ClFNO4. The highest BCUT2D eigenvalue weighted by atomic mass is 35.5. The average molecular weight is 408 g/mol. The van der Waals surface area contributed by atoms with Gasteiger partial charge in [-0.25, -0.2) is 9.18 Å². The third-order valence-corrected chi connectivity index (χ3v) is 4.69. The minimum absolute atomic E-state index is 0.0620. The Kier molecular flexibility index (Phi) is 4.07. The lowest BCUT2D eigenvalue weighted by Gasteiger charge is -2.02. The zero-order chi connectivity index (χ0) is 20.0. The second kappa shape index (κ2) is 6.76. The van der Waals surface area contributed by atoms with Crippen LogP contribution < -0.4 is 4.74 Å². The fourth-order valence-electron chi connectivity index (χ4n) is 3.07. The zero-order valence-corrected chi connectivity index (χ0v) is 15.4. The summed E-state index contributed by atoms with van der Waals surface area (Å²) in [5, 5.41) is 6.01. The quantitative estimate of drug-likeness (QED) is 0.261. The van der Waals surface area contributed by atoms with Gasteiger partial charge in [-0.3, -0.25) is 0 Å². The summed E-state index contributed by atoms with van der Waals surface area (Å²) >= 11 is 5.95. The molecule has 2 aromatic heterocycles. The van der Waals surface area contributed by atoms with Crippen molar-refractivity contribution in [2.24, 2.45) is 0 Å². The molecule has 0 saturated carbocycles. The lowest BCUT2D eigenvalue weighted by Crippen LogP contribution is -2.06. The monoisotopic (exact) mass is 407 g/mol. The van der Waals surface area contributed by atoms with Gasteiger partial charge in [0.2, 0.25) is 5.76 Å². The van der Waals surface area contributed by atoms with E-state index >= 15 is 0 Å². The SMILES string of the molecule is O=C(Oc1ccc2c(-c3ccc(F)cc3)noc2c1)c1cc2cc(Cl)ccc2o1. The van der Waals surface area contributed by atoms with Gasteiger partial charge in [0.1, 0.15) is 22.8 Å². The van der Waals surface area contributed by atoms with Gasteiger partial charge in [-0.05, 0) is 60.7 Å². The third-order valence-electron chi connectivity index (χ3n) is 4.45. The Morgan fingerprint density at radius 2 is 1.79 bits per heavy atom. The molecule has 29 heavy (non-hydrogen) atoms. The molecule has 7 heteroatoms. The van der Waals surface area contributed by atoms with Crippen LogP contribution in [-0.4, -0.2) is 11.1 Å². The lowest BCUT2D eigenvalue weighted by molar-refractivity contribution is 0.0704. The van der Waals surface area contributed by atoms with Gasteiger partial charge in [-0.1, -0.05) is 16.8 Å². The number of esters is 1. The molecule has 2 heterocycles. The van der Waals surface area contributed by atoms with Crippen molar-refractivity contribution in [3.8, 4) is 17.0 Å². The largest absolute Gasteiger partial charge is 0.449 e. The van der Waals surface area contributed by atoms with Gasteiger partial charge in [0.05, 0.1) is 0 Å². The van der Waals surface area contributed by atoms with Crippen LogP contribution >= 0.6 is 11.6 Å². The molecule has 0 N–H and O–H groups in total. The van der Waals surface area contributed by atoms with Crippen molar-refractivity contribution in [1.29, 1.82) is 0 Å². The topological polar surface area (TPSA) is 65.5 Å². The number of halogens is 2. The first-order chi connectivity index (χ1) is 14.1. The normalized spacial score (nSPS) is 11.2. The highest BCUT2D eigenvalue weighted by Gasteiger charge is 2.17. The number of furan rings is 1. The van der Waals surface area contributed by atoms with Crippen LogP contribution in [0.5, 0.6) is 5.75 Å². The van der Waals surface area contributed by atoms with Crippen LogP contribution in [0.2, 0.25) is 5.02 Å². The standard InChI is InChI=1S/C22H11ClFNO4/c23-14-3-8-18-13(9-14)10-20(28-18)22(26)27-16-6-7-17-19(11-16)29-25-21(17)12-1-4-15(24)5-2-12/h1-11H. The van der Waals surface area contributed by atoms with Crippen molar-refractivity contribution < 1.29 is 22.9 Å². The van der Waals surface area contributed by atoms with E-state index in [1.165, 1.54) is 12.1 Å². The minimum atomic E-state index is -0.644. The molecule has 0 radical (unpaired) electrons. The van der Waals surface area contributed by atoms with Gasteiger partial charge >= 0.3 is 5.97 Å². The lowest BCUT2D eigenvalue weighted by atomic mass is 10.1. The van der Waals surface area contributed by atoms with Gasteiger partial charge < -0.3 is 13.7 Å². The molecule has 142 valence electrons. The molecule has 0 bridgehead atoms. The summed E-state index contributed by atoms with van der Waals surface area (Å²) in [5.41, 5.74) is 2.27. The molecule has 0 spiro atoms. The van der Waals surface area contributed by atoms with Crippen LogP contribution in [0, 0.1) is 5.82 Å². The first-order valence-corrected chi connectivity index (χ1v) is 9.01.